The minimum Gasteiger partial charge on any atom is -0.310 e. The average molecular weight is 984 g/mol. The Morgan fingerprint density at radius 3 is 1.18 bits per heavy atom. The predicted molar refractivity (Wildman–Crippen MR) is 306 cm³/mol. The zero-order chi connectivity index (χ0) is 52.2. The molecule has 0 radical (unpaired) electrons. The van der Waals surface area contributed by atoms with Crippen molar-refractivity contribution in [2.75, 3.05) is 9.80 Å². The molecule has 0 N–H and O–H groups in total. The molecular weight excluding hydrogens is 943 g/mol. The van der Waals surface area contributed by atoms with Crippen molar-refractivity contribution in [3.05, 3.63) is 271 Å². The Labute approximate surface area is 445 Å². The summed E-state index contributed by atoms with van der Waals surface area (Å²) in [6.07, 6.45) is 0. The van der Waals surface area contributed by atoms with Crippen LogP contribution >= 0.6 is 0 Å². The maximum absolute atomic E-state index is 10.9. The third kappa shape index (κ3) is 8.71. The topological polar surface area (TPSA) is 132 Å². The molecule has 9 nitrogen and oxygen atoms in total. The highest BCUT2D eigenvalue weighted by atomic mass is 15.1. The first kappa shape index (κ1) is 46.7. The summed E-state index contributed by atoms with van der Waals surface area (Å²) < 4.78 is 2.27. The second-order valence-electron chi connectivity index (χ2n) is 18.2. The molecule has 0 amide bonds. The molecule has 0 aliphatic rings. The maximum atomic E-state index is 10.9. The second kappa shape index (κ2) is 20.3. The molecule has 0 saturated heterocycles. The van der Waals surface area contributed by atoms with Gasteiger partial charge >= 0.3 is 0 Å². The summed E-state index contributed by atoms with van der Waals surface area (Å²) >= 11 is 0. The van der Waals surface area contributed by atoms with Crippen LogP contribution in [0.2, 0.25) is 0 Å². The van der Waals surface area contributed by atoms with Crippen molar-refractivity contribution in [2.24, 2.45) is 0 Å². The lowest BCUT2D eigenvalue weighted by atomic mass is 9.91. The Bertz CT molecular complexity index is 4040. The van der Waals surface area contributed by atoms with Gasteiger partial charge in [-0.3, -0.25) is 0 Å². The molecule has 10 aromatic carbocycles. The Kier molecular flexibility index (Phi) is 12.3. The van der Waals surface area contributed by atoms with E-state index in [0.29, 0.717) is 50.3 Å². The van der Waals surface area contributed by atoms with Crippen LogP contribution in [0.4, 0.5) is 34.1 Å². The van der Waals surface area contributed by atoms with E-state index in [4.69, 9.17) is 9.97 Å². The fourth-order valence-corrected chi connectivity index (χ4v) is 10.2. The Hall–Kier alpha value is -11.4. The van der Waals surface area contributed by atoms with Crippen molar-refractivity contribution in [3.8, 4) is 75.0 Å². The lowest BCUT2D eigenvalue weighted by molar-refractivity contribution is 1.18. The molecule has 0 aliphatic carbocycles. The fourth-order valence-electron chi connectivity index (χ4n) is 10.2. The number of hydrogen-bond donors (Lipinski definition) is 0. The molecule has 0 atom stereocenters. The normalized spacial score (nSPS) is 10.8. The summed E-state index contributed by atoms with van der Waals surface area (Å²) in [5.74, 6) is 0.269. The van der Waals surface area contributed by atoms with Gasteiger partial charge in [-0.25, -0.2) is 9.97 Å². The molecule has 12 rings (SSSR count). The Balaban J connectivity index is 1.00. The van der Waals surface area contributed by atoms with E-state index in [2.05, 4.69) is 172 Å². The van der Waals surface area contributed by atoms with Crippen LogP contribution in [0.5, 0.6) is 0 Å². The second-order valence-corrected chi connectivity index (χ2v) is 18.2. The number of nitriles is 4. The van der Waals surface area contributed by atoms with Crippen LogP contribution in [0.25, 0.3) is 72.5 Å². The summed E-state index contributed by atoms with van der Waals surface area (Å²) in [4.78, 5) is 14.3. The molecule has 0 bridgehead atoms. The Morgan fingerprint density at radius 2 is 0.727 bits per heavy atom. The largest absolute Gasteiger partial charge is 0.310 e. The summed E-state index contributed by atoms with van der Waals surface area (Å²) in [6.45, 7) is 0. The quantitative estimate of drug-likeness (QED) is 0.125. The first-order chi connectivity index (χ1) is 38.0. The van der Waals surface area contributed by atoms with E-state index in [1.165, 1.54) is 0 Å². The number of nitrogens with zero attached hydrogens (tertiary/aromatic N) is 9. The number of aromatic nitrogens is 3. The van der Waals surface area contributed by atoms with Gasteiger partial charge in [0.25, 0.3) is 0 Å². The van der Waals surface area contributed by atoms with Gasteiger partial charge in [-0.2, -0.15) is 21.0 Å². The van der Waals surface area contributed by atoms with Crippen LogP contribution in [0.3, 0.4) is 0 Å². The van der Waals surface area contributed by atoms with Crippen molar-refractivity contribution < 1.29 is 0 Å². The number of benzene rings is 10. The lowest BCUT2D eigenvalue weighted by Gasteiger charge is -2.26. The number of rotatable bonds is 11. The van der Waals surface area contributed by atoms with Gasteiger partial charge in [0.1, 0.15) is 0 Å². The van der Waals surface area contributed by atoms with E-state index in [-0.39, 0.29) is 17.0 Å². The van der Waals surface area contributed by atoms with Crippen LogP contribution < -0.4 is 9.80 Å². The van der Waals surface area contributed by atoms with E-state index in [9.17, 15) is 21.0 Å². The van der Waals surface area contributed by atoms with Crippen LogP contribution in [0.1, 0.15) is 22.3 Å². The first-order valence-electron chi connectivity index (χ1n) is 24.9. The molecule has 9 heteroatoms. The van der Waals surface area contributed by atoms with Gasteiger partial charge in [0.15, 0.2) is 5.82 Å². The van der Waals surface area contributed by atoms with Crippen molar-refractivity contribution in [3.63, 3.8) is 0 Å². The van der Waals surface area contributed by atoms with E-state index in [0.717, 1.165) is 61.6 Å². The SMILES string of the molecule is N#Cc1ccccc1-c1cc(-c2cc(C#N)c(-c3ccc(-n4c5ccc(N(c6ccccc6)c6ccccc6)cc5c5cc(N(c6ccccc6)c6ccccc6)ccc54)cc3)c(C#N)c2)nc(-c2ccccc2C#N)n1. The van der Waals surface area contributed by atoms with Crippen LogP contribution in [-0.2, 0) is 0 Å². The minimum atomic E-state index is 0.269. The summed E-state index contributed by atoms with van der Waals surface area (Å²) in [7, 11) is 0. The van der Waals surface area contributed by atoms with Gasteiger partial charge in [-0.1, -0.05) is 115 Å². The number of para-hydroxylation sites is 4. The van der Waals surface area contributed by atoms with Gasteiger partial charge in [0, 0.05) is 72.8 Å². The predicted octanol–water partition coefficient (Wildman–Crippen LogP) is 16.7. The summed E-state index contributed by atoms with van der Waals surface area (Å²) in [5.41, 5.74) is 14.1. The van der Waals surface area contributed by atoms with Gasteiger partial charge in [0.2, 0.25) is 0 Å². The van der Waals surface area contributed by atoms with Crippen molar-refractivity contribution in [1.82, 2.24) is 14.5 Å². The molecule has 77 heavy (non-hydrogen) atoms. The molecule has 12 aromatic rings. The van der Waals surface area contributed by atoms with E-state index in [1.807, 2.05) is 66.7 Å². The molecule has 0 spiro atoms. The average Bonchev–Trinajstić information content (AvgIpc) is 3.90. The third-order valence-corrected chi connectivity index (χ3v) is 13.7. The lowest BCUT2D eigenvalue weighted by Crippen LogP contribution is -2.09. The maximum Gasteiger partial charge on any atom is 0.161 e. The van der Waals surface area contributed by atoms with Gasteiger partial charge in [-0.05, 0) is 139 Å². The van der Waals surface area contributed by atoms with Crippen molar-refractivity contribution in [1.29, 1.82) is 21.0 Å². The monoisotopic (exact) mass is 983 g/mol. The highest BCUT2D eigenvalue weighted by Gasteiger charge is 2.22. The smallest absolute Gasteiger partial charge is 0.161 e. The Morgan fingerprint density at radius 1 is 0.325 bits per heavy atom. The number of fused-ring (bicyclic) bond motifs is 3. The number of hydrogen-bond acceptors (Lipinski definition) is 8. The first-order valence-corrected chi connectivity index (χ1v) is 24.9. The van der Waals surface area contributed by atoms with Crippen LogP contribution in [-0.4, -0.2) is 14.5 Å². The molecule has 0 fully saturated rings. The molecule has 0 aliphatic heterocycles. The highest BCUT2D eigenvalue weighted by Crippen LogP contribution is 2.44. The molecule has 0 unspecified atom stereocenters. The summed E-state index contributed by atoms with van der Waals surface area (Å²) in [5, 5.41) is 43.9. The van der Waals surface area contributed by atoms with E-state index in [1.54, 1.807) is 48.5 Å². The van der Waals surface area contributed by atoms with E-state index < -0.39 is 0 Å². The highest BCUT2D eigenvalue weighted by molar-refractivity contribution is 6.12. The molecule has 2 heterocycles. The zero-order valence-electron chi connectivity index (χ0n) is 41.2. The van der Waals surface area contributed by atoms with Gasteiger partial charge < -0.3 is 14.4 Å². The number of anilines is 6. The minimum absolute atomic E-state index is 0.269. The summed E-state index contributed by atoms with van der Waals surface area (Å²) in [6, 6.07) is 91.5. The zero-order valence-corrected chi connectivity index (χ0v) is 41.2. The molecule has 2 aromatic heterocycles. The van der Waals surface area contributed by atoms with Gasteiger partial charge in [0.05, 0.1) is 69.0 Å². The fraction of sp³-hybridized carbons (Fsp3) is 0. The van der Waals surface area contributed by atoms with Crippen LogP contribution in [0, 0.1) is 45.3 Å². The third-order valence-electron chi connectivity index (χ3n) is 13.7. The van der Waals surface area contributed by atoms with Crippen molar-refractivity contribution in [2.45, 2.75) is 0 Å². The van der Waals surface area contributed by atoms with E-state index >= 15 is 0 Å². The standard InChI is InChI=1S/C68H41N9/c69-42-47-17-13-15-27-59(47)64-41-63(73-68(74-64)60-28-16-14-18-48(60)43-70)49-37-50(44-71)67(51(38-49)45-72)46-29-31-56(32-30-46)77-65-35-33-57(75(52-19-5-1-6-20-52)53-21-7-2-8-22-53)39-61(65)62-40-58(34-36-66(62)77)76(54-23-9-3-10-24-54)55-25-11-4-12-26-55/h1-41H. The molecular formula is C68H41N9. The van der Waals surface area contributed by atoms with Crippen LogP contribution in [0.15, 0.2) is 249 Å². The molecule has 0 saturated carbocycles. The van der Waals surface area contributed by atoms with Crippen molar-refractivity contribution >= 4 is 55.9 Å². The van der Waals surface area contributed by atoms with Gasteiger partial charge in [-0.15, -0.1) is 0 Å². The molecule has 358 valence electrons.